The van der Waals surface area contributed by atoms with Gasteiger partial charge in [0.1, 0.15) is 0 Å². The van der Waals surface area contributed by atoms with Gasteiger partial charge in [-0.1, -0.05) is 17.7 Å². The number of β-amino-alcohol motifs (C(OH)–C–C–N with tert-alkyl or cyclic N) is 1. The van der Waals surface area contributed by atoms with Gasteiger partial charge in [0.05, 0.1) is 6.10 Å². The number of halogens is 1. The van der Waals surface area contributed by atoms with Crippen LogP contribution in [0.15, 0.2) is 18.2 Å². The lowest BCUT2D eigenvalue weighted by molar-refractivity contribution is 0.162. The van der Waals surface area contributed by atoms with Crippen LogP contribution >= 0.6 is 11.6 Å². The molecule has 2 N–H and O–H groups in total. The largest absolute Gasteiger partial charge is 0.387 e. The Hall–Kier alpha value is -0.570. The van der Waals surface area contributed by atoms with Gasteiger partial charge < -0.3 is 10.4 Å². The van der Waals surface area contributed by atoms with E-state index >= 15 is 0 Å². The molecule has 0 spiro atoms. The molecule has 1 aromatic rings. The standard InChI is InChI=1S/C13H20ClNO/c1-9-7-10(14)5-6-11(9)12(16)8-15-13(2,3)4/h5-7,12,15-16H,8H2,1-4H3. The Morgan fingerprint density at radius 3 is 2.50 bits per heavy atom. The lowest BCUT2D eigenvalue weighted by Crippen LogP contribution is -2.38. The van der Waals surface area contributed by atoms with Gasteiger partial charge in [-0.05, 0) is 51.0 Å². The van der Waals surface area contributed by atoms with Crippen molar-refractivity contribution in [3.63, 3.8) is 0 Å². The SMILES string of the molecule is Cc1cc(Cl)ccc1C(O)CNC(C)(C)C. The molecule has 0 amide bonds. The summed E-state index contributed by atoms with van der Waals surface area (Å²) in [6.45, 7) is 8.74. The van der Waals surface area contributed by atoms with E-state index in [4.69, 9.17) is 11.6 Å². The molecule has 0 radical (unpaired) electrons. The molecule has 90 valence electrons. The predicted molar refractivity (Wildman–Crippen MR) is 68.9 cm³/mol. The summed E-state index contributed by atoms with van der Waals surface area (Å²) in [5.41, 5.74) is 1.97. The van der Waals surface area contributed by atoms with Crippen LogP contribution in [0.25, 0.3) is 0 Å². The number of nitrogens with one attached hydrogen (secondary N) is 1. The van der Waals surface area contributed by atoms with Crippen molar-refractivity contribution < 1.29 is 5.11 Å². The van der Waals surface area contributed by atoms with Crippen LogP contribution in [0, 0.1) is 6.92 Å². The number of benzene rings is 1. The monoisotopic (exact) mass is 241 g/mol. The summed E-state index contributed by atoms with van der Waals surface area (Å²) in [6, 6.07) is 5.56. The Bertz CT molecular complexity index is 357. The van der Waals surface area contributed by atoms with Crippen molar-refractivity contribution in [3.8, 4) is 0 Å². The lowest BCUT2D eigenvalue weighted by atomic mass is 10.0. The molecular formula is C13H20ClNO. The van der Waals surface area contributed by atoms with E-state index in [2.05, 4.69) is 26.1 Å². The van der Waals surface area contributed by atoms with Crippen molar-refractivity contribution in [2.24, 2.45) is 0 Å². The molecule has 1 rings (SSSR count). The normalized spacial score (nSPS) is 13.9. The molecule has 0 saturated carbocycles. The van der Waals surface area contributed by atoms with Crippen LogP contribution in [0.2, 0.25) is 5.02 Å². The number of aryl methyl sites for hydroxylation is 1. The van der Waals surface area contributed by atoms with E-state index in [0.717, 1.165) is 11.1 Å². The first-order valence-electron chi connectivity index (χ1n) is 5.49. The fraction of sp³-hybridized carbons (Fsp3) is 0.538. The zero-order valence-electron chi connectivity index (χ0n) is 10.3. The molecule has 1 aromatic carbocycles. The molecule has 16 heavy (non-hydrogen) atoms. The first-order chi connectivity index (χ1) is 7.29. The van der Waals surface area contributed by atoms with Gasteiger partial charge in [0.15, 0.2) is 0 Å². The molecule has 0 aromatic heterocycles. The Labute approximate surface area is 103 Å². The molecule has 2 nitrogen and oxygen atoms in total. The van der Waals surface area contributed by atoms with Gasteiger partial charge in [-0.2, -0.15) is 0 Å². The van der Waals surface area contributed by atoms with Crippen molar-refractivity contribution in [1.29, 1.82) is 0 Å². The van der Waals surface area contributed by atoms with Crippen LogP contribution in [-0.2, 0) is 0 Å². The van der Waals surface area contributed by atoms with Crippen LogP contribution in [0.4, 0.5) is 0 Å². The summed E-state index contributed by atoms with van der Waals surface area (Å²) in [5.74, 6) is 0. The van der Waals surface area contributed by atoms with E-state index in [1.165, 1.54) is 0 Å². The third kappa shape index (κ3) is 4.12. The van der Waals surface area contributed by atoms with Gasteiger partial charge in [-0.15, -0.1) is 0 Å². The van der Waals surface area contributed by atoms with E-state index < -0.39 is 6.10 Å². The van der Waals surface area contributed by atoms with E-state index in [1.54, 1.807) is 0 Å². The maximum absolute atomic E-state index is 10.0. The number of hydrogen-bond donors (Lipinski definition) is 2. The highest BCUT2D eigenvalue weighted by Gasteiger charge is 2.14. The number of hydrogen-bond acceptors (Lipinski definition) is 2. The Kier molecular flexibility index (Phi) is 4.36. The quantitative estimate of drug-likeness (QED) is 0.853. The van der Waals surface area contributed by atoms with Gasteiger partial charge in [-0.3, -0.25) is 0 Å². The summed E-state index contributed by atoms with van der Waals surface area (Å²) in [4.78, 5) is 0. The Morgan fingerprint density at radius 1 is 1.38 bits per heavy atom. The fourth-order valence-electron chi connectivity index (χ4n) is 1.53. The van der Waals surface area contributed by atoms with Gasteiger partial charge in [0.25, 0.3) is 0 Å². The van der Waals surface area contributed by atoms with Gasteiger partial charge in [-0.25, -0.2) is 0 Å². The van der Waals surface area contributed by atoms with Crippen molar-refractivity contribution in [3.05, 3.63) is 34.3 Å². The highest BCUT2D eigenvalue weighted by atomic mass is 35.5. The number of aliphatic hydroxyl groups is 1. The van der Waals surface area contributed by atoms with E-state index in [0.29, 0.717) is 11.6 Å². The summed E-state index contributed by atoms with van der Waals surface area (Å²) in [7, 11) is 0. The van der Waals surface area contributed by atoms with Gasteiger partial charge in [0, 0.05) is 17.1 Å². The minimum atomic E-state index is -0.489. The van der Waals surface area contributed by atoms with Crippen LogP contribution in [0.1, 0.15) is 38.0 Å². The van der Waals surface area contributed by atoms with Crippen molar-refractivity contribution in [2.45, 2.75) is 39.3 Å². The molecule has 0 saturated heterocycles. The van der Waals surface area contributed by atoms with Crippen molar-refractivity contribution in [1.82, 2.24) is 5.32 Å². The van der Waals surface area contributed by atoms with Crippen LogP contribution in [-0.4, -0.2) is 17.2 Å². The first kappa shape index (κ1) is 13.5. The van der Waals surface area contributed by atoms with Crippen LogP contribution in [0.5, 0.6) is 0 Å². The maximum Gasteiger partial charge on any atom is 0.0917 e. The molecule has 0 fully saturated rings. The molecule has 0 bridgehead atoms. The molecule has 0 aliphatic rings. The average molecular weight is 242 g/mol. The smallest absolute Gasteiger partial charge is 0.0917 e. The minimum absolute atomic E-state index is 0.0152. The second kappa shape index (κ2) is 5.17. The van der Waals surface area contributed by atoms with Crippen molar-refractivity contribution >= 4 is 11.6 Å². The van der Waals surface area contributed by atoms with Crippen LogP contribution < -0.4 is 5.32 Å². The molecule has 3 heteroatoms. The second-order valence-electron chi connectivity index (χ2n) is 5.15. The maximum atomic E-state index is 10.0. The summed E-state index contributed by atoms with van der Waals surface area (Å²) >= 11 is 5.87. The molecule has 1 unspecified atom stereocenters. The first-order valence-corrected chi connectivity index (χ1v) is 5.86. The average Bonchev–Trinajstić information content (AvgIpc) is 2.13. The fourth-order valence-corrected chi connectivity index (χ4v) is 1.75. The summed E-state index contributed by atoms with van der Waals surface area (Å²) in [6.07, 6.45) is -0.489. The molecule has 0 aliphatic carbocycles. The lowest BCUT2D eigenvalue weighted by Gasteiger charge is -2.23. The van der Waals surface area contributed by atoms with E-state index in [1.807, 2.05) is 25.1 Å². The number of rotatable bonds is 3. The highest BCUT2D eigenvalue weighted by Crippen LogP contribution is 2.21. The third-order valence-corrected chi connectivity index (χ3v) is 2.65. The van der Waals surface area contributed by atoms with E-state index in [9.17, 15) is 5.11 Å². The number of aliphatic hydroxyl groups excluding tert-OH is 1. The molecular weight excluding hydrogens is 222 g/mol. The molecule has 0 heterocycles. The third-order valence-electron chi connectivity index (χ3n) is 2.42. The highest BCUT2D eigenvalue weighted by molar-refractivity contribution is 6.30. The summed E-state index contributed by atoms with van der Waals surface area (Å²) in [5, 5.41) is 14.0. The topological polar surface area (TPSA) is 32.3 Å². The molecule has 0 aliphatic heterocycles. The molecule has 1 atom stereocenters. The van der Waals surface area contributed by atoms with Gasteiger partial charge >= 0.3 is 0 Å². The summed E-state index contributed by atoms with van der Waals surface area (Å²) < 4.78 is 0. The zero-order chi connectivity index (χ0) is 12.3. The van der Waals surface area contributed by atoms with Gasteiger partial charge in [0.2, 0.25) is 0 Å². The van der Waals surface area contributed by atoms with Crippen molar-refractivity contribution in [2.75, 3.05) is 6.54 Å². The van der Waals surface area contributed by atoms with Crippen LogP contribution in [0.3, 0.4) is 0 Å². The predicted octanol–water partition coefficient (Wildman–Crippen LogP) is 3.07. The van der Waals surface area contributed by atoms with E-state index in [-0.39, 0.29) is 5.54 Å². The minimum Gasteiger partial charge on any atom is -0.387 e. The Balaban J connectivity index is 2.70. The second-order valence-corrected chi connectivity index (χ2v) is 5.58. The zero-order valence-corrected chi connectivity index (χ0v) is 11.1. The Morgan fingerprint density at radius 2 is 2.00 bits per heavy atom.